The lowest BCUT2D eigenvalue weighted by Gasteiger charge is -2.09. The minimum Gasteiger partial charge on any atom is -0.325 e. The largest absolute Gasteiger partial charge is 0.325 e. The predicted octanol–water partition coefficient (Wildman–Crippen LogP) is 1.76. The predicted molar refractivity (Wildman–Crippen MR) is 70.3 cm³/mol. The molecule has 2 aromatic rings. The van der Waals surface area contributed by atoms with Gasteiger partial charge >= 0.3 is 0 Å². The van der Waals surface area contributed by atoms with Crippen molar-refractivity contribution in [2.75, 3.05) is 13.1 Å². The summed E-state index contributed by atoms with van der Waals surface area (Å²) in [5.41, 5.74) is 1.69. The van der Waals surface area contributed by atoms with Gasteiger partial charge in [0.25, 0.3) is 5.56 Å². The molecule has 17 heavy (non-hydrogen) atoms. The van der Waals surface area contributed by atoms with E-state index >= 15 is 0 Å². The molecule has 0 saturated carbocycles. The first-order chi connectivity index (χ1) is 8.24. The van der Waals surface area contributed by atoms with Gasteiger partial charge in [0, 0.05) is 28.8 Å². The fourth-order valence-corrected chi connectivity index (χ4v) is 2.60. The molecule has 1 aliphatic rings. The van der Waals surface area contributed by atoms with Crippen LogP contribution in [0.3, 0.4) is 0 Å². The molecule has 0 spiro atoms. The summed E-state index contributed by atoms with van der Waals surface area (Å²) >= 11 is 3.33. The molecule has 4 nitrogen and oxygen atoms in total. The normalized spacial score (nSPS) is 19.9. The summed E-state index contributed by atoms with van der Waals surface area (Å²) in [5.74, 6) is 0.401. The quantitative estimate of drug-likeness (QED) is 0.842. The number of aromatic nitrogens is 2. The molecule has 0 radical (unpaired) electrons. The van der Waals surface area contributed by atoms with Gasteiger partial charge in [0.2, 0.25) is 0 Å². The van der Waals surface area contributed by atoms with Gasteiger partial charge < -0.3 is 10.3 Å². The molecule has 2 N–H and O–H groups in total. The number of rotatable bonds is 1. The molecule has 5 heteroatoms. The zero-order valence-electron chi connectivity index (χ0n) is 9.16. The first kappa shape index (κ1) is 10.9. The van der Waals surface area contributed by atoms with Crippen molar-refractivity contribution in [1.82, 2.24) is 15.3 Å². The van der Waals surface area contributed by atoms with Gasteiger partial charge in [-0.15, -0.1) is 0 Å². The third kappa shape index (κ3) is 2.00. The number of fused-ring (bicyclic) bond motifs is 1. The molecule has 0 bridgehead atoms. The Bertz CT molecular complexity index is 617. The SMILES string of the molecule is O=c1[nH]c(C2CCNC2)cc2ncc(Br)cc12. The monoisotopic (exact) mass is 293 g/mol. The van der Waals surface area contributed by atoms with Crippen LogP contribution in [0, 0.1) is 0 Å². The molecule has 1 aliphatic heterocycles. The molecule has 1 unspecified atom stereocenters. The zero-order chi connectivity index (χ0) is 11.8. The summed E-state index contributed by atoms with van der Waals surface area (Å²) in [6, 6.07) is 3.79. The molecule has 1 saturated heterocycles. The van der Waals surface area contributed by atoms with Gasteiger partial charge in [-0.2, -0.15) is 0 Å². The summed E-state index contributed by atoms with van der Waals surface area (Å²) in [5, 5.41) is 3.93. The molecule has 1 fully saturated rings. The van der Waals surface area contributed by atoms with E-state index in [2.05, 4.69) is 31.2 Å². The van der Waals surface area contributed by atoms with Gasteiger partial charge in [0.15, 0.2) is 0 Å². The first-order valence-electron chi connectivity index (χ1n) is 5.63. The highest BCUT2D eigenvalue weighted by Crippen LogP contribution is 2.22. The maximum absolute atomic E-state index is 12.0. The topological polar surface area (TPSA) is 57.8 Å². The van der Waals surface area contributed by atoms with Gasteiger partial charge in [-0.3, -0.25) is 9.78 Å². The molecule has 0 aliphatic carbocycles. The van der Waals surface area contributed by atoms with Crippen molar-refractivity contribution < 1.29 is 0 Å². The van der Waals surface area contributed by atoms with E-state index in [4.69, 9.17) is 0 Å². The van der Waals surface area contributed by atoms with Crippen LogP contribution in [0.2, 0.25) is 0 Å². The Morgan fingerprint density at radius 1 is 1.41 bits per heavy atom. The van der Waals surface area contributed by atoms with Crippen LogP contribution in [-0.2, 0) is 0 Å². The summed E-state index contributed by atoms with van der Waals surface area (Å²) in [6.07, 6.45) is 2.79. The second kappa shape index (κ2) is 4.23. The second-order valence-corrected chi connectivity index (χ2v) is 5.25. The maximum atomic E-state index is 12.0. The molecule has 1 atom stereocenters. The number of hydrogen-bond acceptors (Lipinski definition) is 3. The van der Waals surface area contributed by atoms with E-state index in [-0.39, 0.29) is 5.56 Å². The third-order valence-corrected chi connectivity index (χ3v) is 3.61. The van der Waals surface area contributed by atoms with Crippen LogP contribution in [0.25, 0.3) is 10.9 Å². The van der Waals surface area contributed by atoms with Gasteiger partial charge in [0.05, 0.1) is 10.9 Å². The Balaban J connectivity index is 2.17. The minimum absolute atomic E-state index is 0.0572. The van der Waals surface area contributed by atoms with Crippen LogP contribution in [0.15, 0.2) is 27.6 Å². The summed E-state index contributed by atoms with van der Waals surface area (Å²) in [6.45, 7) is 1.94. The summed E-state index contributed by atoms with van der Waals surface area (Å²) in [7, 11) is 0. The van der Waals surface area contributed by atoms with E-state index < -0.39 is 0 Å². The van der Waals surface area contributed by atoms with Crippen LogP contribution in [0.4, 0.5) is 0 Å². The molecule has 3 rings (SSSR count). The number of nitrogens with zero attached hydrogens (tertiary/aromatic N) is 1. The van der Waals surface area contributed by atoms with E-state index in [0.29, 0.717) is 11.3 Å². The Hall–Kier alpha value is -1.20. The lowest BCUT2D eigenvalue weighted by atomic mass is 10.0. The smallest absolute Gasteiger partial charge is 0.257 e. The van der Waals surface area contributed by atoms with Crippen molar-refractivity contribution in [3.8, 4) is 0 Å². The molecule has 0 aromatic carbocycles. The number of H-pyrrole nitrogens is 1. The average Bonchev–Trinajstić information content (AvgIpc) is 2.83. The fraction of sp³-hybridized carbons (Fsp3) is 0.333. The standard InChI is InChI=1S/C12H12BrN3O/c13-8-3-9-11(15-6-8)4-10(16-12(9)17)7-1-2-14-5-7/h3-4,6-7,14H,1-2,5H2,(H,16,17). The van der Waals surface area contributed by atoms with E-state index in [1.807, 2.05) is 6.07 Å². The summed E-state index contributed by atoms with van der Waals surface area (Å²) in [4.78, 5) is 19.2. The highest BCUT2D eigenvalue weighted by molar-refractivity contribution is 9.10. The molecule has 2 aromatic heterocycles. The average molecular weight is 294 g/mol. The fourth-order valence-electron chi connectivity index (χ4n) is 2.27. The highest BCUT2D eigenvalue weighted by Gasteiger charge is 2.18. The van der Waals surface area contributed by atoms with E-state index in [1.54, 1.807) is 12.3 Å². The minimum atomic E-state index is -0.0572. The highest BCUT2D eigenvalue weighted by atomic mass is 79.9. The van der Waals surface area contributed by atoms with Crippen molar-refractivity contribution in [1.29, 1.82) is 0 Å². The van der Waals surface area contributed by atoms with Gasteiger partial charge in [-0.1, -0.05) is 0 Å². The maximum Gasteiger partial charge on any atom is 0.257 e. The summed E-state index contributed by atoms with van der Waals surface area (Å²) < 4.78 is 0.825. The van der Waals surface area contributed by atoms with Crippen molar-refractivity contribution in [3.63, 3.8) is 0 Å². The van der Waals surface area contributed by atoms with Crippen molar-refractivity contribution in [3.05, 3.63) is 38.9 Å². The Morgan fingerprint density at radius 3 is 3.06 bits per heavy atom. The van der Waals surface area contributed by atoms with Gasteiger partial charge in [-0.05, 0) is 41.0 Å². The van der Waals surface area contributed by atoms with Crippen LogP contribution in [0.1, 0.15) is 18.0 Å². The van der Waals surface area contributed by atoms with Crippen LogP contribution in [0.5, 0.6) is 0 Å². The number of nitrogens with one attached hydrogen (secondary N) is 2. The second-order valence-electron chi connectivity index (χ2n) is 4.33. The van der Waals surface area contributed by atoms with Crippen molar-refractivity contribution >= 4 is 26.8 Å². The van der Waals surface area contributed by atoms with Crippen LogP contribution in [-0.4, -0.2) is 23.1 Å². The first-order valence-corrected chi connectivity index (χ1v) is 6.42. The molecule has 88 valence electrons. The molecule has 3 heterocycles. The Morgan fingerprint density at radius 2 is 2.29 bits per heavy atom. The zero-order valence-corrected chi connectivity index (χ0v) is 10.8. The Kier molecular flexibility index (Phi) is 2.72. The number of halogens is 1. The number of pyridine rings is 2. The van der Waals surface area contributed by atoms with E-state index in [1.165, 1.54) is 0 Å². The van der Waals surface area contributed by atoms with E-state index in [0.717, 1.165) is 35.2 Å². The molecular weight excluding hydrogens is 282 g/mol. The van der Waals surface area contributed by atoms with Crippen LogP contribution < -0.4 is 10.9 Å². The van der Waals surface area contributed by atoms with Crippen LogP contribution >= 0.6 is 15.9 Å². The number of hydrogen-bond donors (Lipinski definition) is 2. The molecular formula is C12H12BrN3O. The van der Waals surface area contributed by atoms with Crippen molar-refractivity contribution in [2.45, 2.75) is 12.3 Å². The van der Waals surface area contributed by atoms with Gasteiger partial charge in [-0.25, -0.2) is 0 Å². The lowest BCUT2D eigenvalue weighted by molar-refractivity contribution is 0.733. The third-order valence-electron chi connectivity index (χ3n) is 3.18. The van der Waals surface area contributed by atoms with Crippen molar-refractivity contribution in [2.24, 2.45) is 0 Å². The van der Waals surface area contributed by atoms with Gasteiger partial charge in [0.1, 0.15) is 0 Å². The lowest BCUT2D eigenvalue weighted by Crippen LogP contribution is -2.14. The number of aromatic amines is 1. The van der Waals surface area contributed by atoms with E-state index in [9.17, 15) is 4.79 Å². The molecule has 0 amide bonds. The Labute approximate surface area is 107 Å².